The number of hydrogen-bond acceptors (Lipinski definition) is 6. The fourth-order valence-corrected chi connectivity index (χ4v) is 4.14. The molecule has 1 aliphatic heterocycles. The van der Waals surface area contributed by atoms with E-state index in [0.717, 1.165) is 0 Å². The maximum atomic E-state index is 12.6. The van der Waals surface area contributed by atoms with Gasteiger partial charge >= 0.3 is 5.97 Å². The normalized spacial score (nSPS) is 15.1. The summed E-state index contributed by atoms with van der Waals surface area (Å²) < 4.78 is 36.9. The van der Waals surface area contributed by atoms with Crippen LogP contribution in [0.25, 0.3) is 0 Å². The molecule has 1 heterocycles. The summed E-state index contributed by atoms with van der Waals surface area (Å²) in [6.07, 6.45) is 0. The molecule has 2 aromatic carbocycles. The third-order valence-corrected chi connectivity index (χ3v) is 6.17. The Balaban J connectivity index is 1.75. The zero-order chi connectivity index (χ0) is 19.4. The summed E-state index contributed by atoms with van der Waals surface area (Å²) in [6, 6.07) is 11.7. The minimum atomic E-state index is -3.63. The molecule has 1 saturated heterocycles. The minimum Gasteiger partial charge on any atom is -0.421 e. The lowest BCUT2D eigenvalue weighted by Crippen LogP contribution is -2.40. The number of ether oxygens (including phenoxy) is 2. The largest absolute Gasteiger partial charge is 0.421 e. The van der Waals surface area contributed by atoms with E-state index >= 15 is 0 Å². The summed E-state index contributed by atoms with van der Waals surface area (Å²) in [6.45, 7) is 1.30. The van der Waals surface area contributed by atoms with Crippen LogP contribution in [0, 0.1) is 11.3 Å². The summed E-state index contributed by atoms with van der Waals surface area (Å²) in [5.74, 6) is -0.567. The van der Waals surface area contributed by atoms with Crippen LogP contribution in [-0.4, -0.2) is 45.0 Å². The van der Waals surface area contributed by atoms with Gasteiger partial charge in [0.25, 0.3) is 0 Å². The van der Waals surface area contributed by atoms with Crippen molar-refractivity contribution in [3.05, 3.63) is 58.6 Å². The Bertz CT molecular complexity index is 993. The molecule has 2 aromatic rings. The number of morpholine rings is 1. The Morgan fingerprint density at radius 3 is 2.41 bits per heavy atom. The predicted molar refractivity (Wildman–Crippen MR) is 97.1 cm³/mol. The molecule has 0 atom stereocenters. The summed E-state index contributed by atoms with van der Waals surface area (Å²) in [4.78, 5) is 12.4. The summed E-state index contributed by atoms with van der Waals surface area (Å²) in [5, 5.41) is 8.96. The van der Waals surface area contributed by atoms with Crippen molar-refractivity contribution in [3.8, 4) is 11.8 Å². The number of hydrogen-bond donors (Lipinski definition) is 0. The van der Waals surface area contributed by atoms with Crippen molar-refractivity contribution in [2.45, 2.75) is 4.90 Å². The Morgan fingerprint density at radius 2 is 1.81 bits per heavy atom. The van der Waals surface area contributed by atoms with Crippen LogP contribution in [0.2, 0.25) is 5.02 Å². The molecule has 1 fully saturated rings. The number of nitriles is 1. The molecular weight excluding hydrogens is 392 g/mol. The number of nitrogens with zero attached hydrogens (tertiary/aromatic N) is 2. The highest BCUT2D eigenvalue weighted by Gasteiger charge is 2.26. The van der Waals surface area contributed by atoms with Gasteiger partial charge < -0.3 is 9.47 Å². The molecule has 1 aliphatic rings. The topological polar surface area (TPSA) is 96.7 Å². The van der Waals surface area contributed by atoms with Crippen LogP contribution in [0.15, 0.2) is 47.4 Å². The van der Waals surface area contributed by atoms with Crippen LogP contribution in [0.5, 0.6) is 5.75 Å². The Morgan fingerprint density at radius 1 is 1.15 bits per heavy atom. The first-order chi connectivity index (χ1) is 12.9. The van der Waals surface area contributed by atoms with Gasteiger partial charge in [0.2, 0.25) is 10.0 Å². The van der Waals surface area contributed by atoms with E-state index in [1.54, 1.807) is 0 Å². The molecule has 0 saturated carbocycles. The molecule has 27 heavy (non-hydrogen) atoms. The highest BCUT2D eigenvalue weighted by molar-refractivity contribution is 7.89. The Hall–Kier alpha value is -2.44. The van der Waals surface area contributed by atoms with Gasteiger partial charge in [-0.05, 0) is 42.5 Å². The number of esters is 1. The molecule has 0 spiro atoms. The fraction of sp³-hybridized carbons (Fsp3) is 0.222. The SMILES string of the molecule is N#Cc1ccc(OC(=O)c2ccc(S(=O)(=O)N3CCOCC3)cc2)c(Cl)c1. The van der Waals surface area contributed by atoms with Crippen LogP contribution >= 0.6 is 11.6 Å². The van der Waals surface area contributed by atoms with E-state index in [0.29, 0.717) is 31.9 Å². The highest BCUT2D eigenvalue weighted by Crippen LogP contribution is 2.26. The van der Waals surface area contributed by atoms with Gasteiger partial charge in [0.1, 0.15) is 5.75 Å². The standard InChI is InChI=1S/C18H15ClN2O5S/c19-16-11-13(12-20)1-6-17(16)26-18(22)14-2-4-15(5-3-14)27(23,24)21-7-9-25-10-8-21/h1-6,11H,7-10H2. The van der Waals surface area contributed by atoms with Crippen molar-refractivity contribution in [3.63, 3.8) is 0 Å². The number of carbonyl (C=O) groups excluding carboxylic acids is 1. The number of sulfonamides is 1. The third kappa shape index (κ3) is 4.28. The molecule has 0 bridgehead atoms. The van der Waals surface area contributed by atoms with Gasteiger partial charge in [0.05, 0.1) is 40.3 Å². The second kappa shape index (κ2) is 8.06. The van der Waals surface area contributed by atoms with Gasteiger partial charge in [-0.3, -0.25) is 0 Å². The van der Waals surface area contributed by atoms with Crippen molar-refractivity contribution < 1.29 is 22.7 Å². The highest BCUT2D eigenvalue weighted by atomic mass is 35.5. The number of halogens is 1. The number of benzene rings is 2. The van der Waals surface area contributed by atoms with Crippen molar-refractivity contribution in [2.75, 3.05) is 26.3 Å². The molecule has 0 amide bonds. The quantitative estimate of drug-likeness (QED) is 0.571. The fourth-order valence-electron chi connectivity index (χ4n) is 2.51. The first kappa shape index (κ1) is 19.3. The summed E-state index contributed by atoms with van der Waals surface area (Å²) >= 11 is 5.99. The average molecular weight is 407 g/mol. The monoisotopic (exact) mass is 406 g/mol. The maximum absolute atomic E-state index is 12.6. The molecule has 0 radical (unpaired) electrons. The lowest BCUT2D eigenvalue weighted by atomic mass is 10.2. The zero-order valence-electron chi connectivity index (χ0n) is 14.1. The molecule has 7 nitrogen and oxygen atoms in total. The molecule has 0 aliphatic carbocycles. The Labute approximate surface area is 161 Å². The molecule has 0 unspecified atom stereocenters. The van der Waals surface area contributed by atoms with Crippen molar-refractivity contribution >= 4 is 27.6 Å². The second-order valence-electron chi connectivity index (χ2n) is 5.69. The second-order valence-corrected chi connectivity index (χ2v) is 8.03. The van der Waals surface area contributed by atoms with Gasteiger partial charge in [-0.2, -0.15) is 9.57 Å². The van der Waals surface area contributed by atoms with Crippen LogP contribution in [0.1, 0.15) is 15.9 Å². The zero-order valence-corrected chi connectivity index (χ0v) is 15.7. The van der Waals surface area contributed by atoms with Crippen LogP contribution < -0.4 is 4.74 Å². The predicted octanol–water partition coefficient (Wildman–Crippen LogP) is 2.45. The first-order valence-electron chi connectivity index (χ1n) is 8.01. The molecule has 9 heteroatoms. The van der Waals surface area contributed by atoms with E-state index < -0.39 is 16.0 Å². The van der Waals surface area contributed by atoms with Crippen LogP contribution in [0.3, 0.4) is 0 Å². The lowest BCUT2D eigenvalue weighted by molar-refractivity contribution is 0.0730. The first-order valence-corrected chi connectivity index (χ1v) is 9.83. The Kier molecular flexibility index (Phi) is 5.77. The van der Waals surface area contributed by atoms with Crippen molar-refractivity contribution in [1.82, 2.24) is 4.31 Å². The van der Waals surface area contributed by atoms with Gasteiger partial charge in [0, 0.05) is 13.1 Å². The summed E-state index contributed by atoms with van der Waals surface area (Å²) in [7, 11) is -3.63. The van der Waals surface area contributed by atoms with E-state index in [1.807, 2.05) is 6.07 Å². The average Bonchev–Trinajstić information content (AvgIpc) is 2.70. The summed E-state index contributed by atoms with van der Waals surface area (Å²) in [5.41, 5.74) is 0.522. The van der Waals surface area contributed by atoms with E-state index in [4.69, 9.17) is 26.3 Å². The van der Waals surface area contributed by atoms with Crippen LogP contribution in [-0.2, 0) is 14.8 Å². The minimum absolute atomic E-state index is 0.0948. The van der Waals surface area contributed by atoms with Crippen LogP contribution in [0.4, 0.5) is 0 Å². The van der Waals surface area contributed by atoms with E-state index in [9.17, 15) is 13.2 Å². The lowest BCUT2D eigenvalue weighted by Gasteiger charge is -2.26. The number of rotatable bonds is 4. The van der Waals surface area contributed by atoms with E-state index in [1.165, 1.54) is 46.8 Å². The smallest absolute Gasteiger partial charge is 0.343 e. The van der Waals surface area contributed by atoms with Gasteiger partial charge in [-0.15, -0.1) is 0 Å². The number of carbonyl (C=O) groups is 1. The van der Waals surface area contributed by atoms with E-state index in [-0.39, 0.29) is 21.2 Å². The van der Waals surface area contributed by atoms with Crippen molar-refractivity contribution in [2.24, 2.45) is 0 Å². The molecule has 0 N–H and O–H groups in total. The molecule has 140 valence electrons. The molecule has 0 aromatic heterocycles. The van der Waals surface area contributed by atoms with Gasteiger partial charge in [-0.25, -0.2) is 13.2 Å². The van der Waals surface area contributed by atoms with Gasteiger partial charge in [0.15, 0.2) is 0 Å². The van der Waals surface area contributed by atoms with E-state index in [2.05, 4.69) is 0 Å². The molecular formula is C18H15ClN2O5S. The van der Waals surface area contributed by atoms with Gasteiger partial charge in [-0.1, -0.05) is 11.6 Å². The molecule has 3 rings (SSSR count). The van der Waals surface area contributed by atoms with Crippen molar-refractivity contribution in [1.29, 1.82) is 5.26 Å². The third-order valence-electron chi connectivity index (χ3n) is 3.96. The maximum Gasteiger partial charge on any atom is 0.343 e.